The number of ether oxygens (including phenoxy) is 2. The summed E-state index contributed by atoms with van der Waals surface area (Å²) in [5.41, 5.74) is -0.423. The SMILES string of the molecule is COc1cccc(CC2(O)CC(C)OC(C)C2)c1F. The Morgan fingerprint density at radius 3 is 2.58 bits per heavy atom. The average molecular weight is 268 g/mol. The van der Waals surface area contributed by atoms with Crippen LogP contribution in [-0.4, -0.2) is 30.0 Å². The van der Waals surface area contributed by atoms with Crippen LogP contribution in [0.15, 0.2) is 18.2 Å². The quantitative estimate of drug-likeness (QED) is 0.916. The van der Waals surface area contributed by atoms with Gasteiger partial charge < -0.3 is 14.6 Å². The lowest BCUT2D eigenvalue weighted by atomic mass is 9.82. The van der Waals surface area contributed by atoms with Crippen LogP contribution in [-0.2, 0) is 11.2 Å². The van der Waals surface area contributed by atoms with Crippen molar-refractivity contribution in [1.29, 1.82) is 0 Å². The Labute approximate surface area is 113 Å². The van der Waals surface area contributed by atoms with E-state index in [0.29, 0.717) is 18.4 Å². The molecule has 0 spiro atoms. The monoisotopic (exact) mass is 268 g/mol. The summed E-state index contributed by atoms with van der Waals surface area (Å²) < 4.78 is 24.7. The third kappa shape index (κ3) is 3.25. The minimum Gasteiger partial charge on any atom is -0.494 e. The van der Waals surface area contributed by atoms with Crippen LogP contribution < -0.4 is 4.74 Å². The van der Waals surface area contributed by atoms with Crippen LogP contribution in [0.3, 0.4) is 0 Å². The Hall–Kier alpha value is -1.13. The van der Waals surface area contributed by atoms with Crippen molar-refractivity contribution < 1.29 is 19.0 Å². The van der Waals surface area contributed by atoms with Crippen LogP contribution in [0.1, 0.15) is 32.3 Å². The fourth-order valence-corrected chi connectivity index (χ4v) is 3.00. The second-order valence-corrected chi connectivity index (χ2v) is 5.50. The summed E-state index contributed by atoms with van der Waals surface area (Å²) in [5, 5.41) is 10.7. The van der Waals surface area contributed by atoms with Crippen molar-refractivity contribution in [3.05, 3.63) is 29.6 Å². The fourth-order valence-electron chi connectivity index (χ4n) is 3.00. The lowest BCUT2D eigenvalue weighted by Gasteiger charge is -2.39. The van der Waals surface area contributed by atoms with E-state index < -0.39 is 5.60 Å². The van der Waals surface area contributed by atoms with Crippen molar-refractivity contribution in [2.45, 2.75) is 50.9 Å². The molecule has 19 heavy (non-hydrogen) atoms. The zero-order valence-corrected chi connectivity index (χ0v) is 11.6. The smallest absolute Gasteiger partial charge is 0.168 e. The molecule has 106 valence electrons. The van der Waals surface area contributed by atoms with Gasteiger partial charge in [-0.25, -0.2) is 4.39 Å². The molecular weight excluding hydrogens is 247 g/mol. The third-order valence-electron chi connectivity index (χ3n) is 3.58. The Morgan fingerprint density at radius 2 is 2.00 bits per heavy atom. The van der Waals surface area contributed by atoms with Crippen molar-refractivity contribution in [3.8, 4) is 5.75 Å². The normalized spacial score (nSPS) is 31.2. The molecule has 0 radical (unpaired) electrons. The largest absolute Gasteiger partial charge is 0.494 e. The van der Waals surface area contributed by atoms with E-state index >= 15 is 0 Å². The summed E-state index contributed by atoms with van der Waals surface area (Å²) in [7, 11) is 1.44. The molecule has 0 bridgehead atoms. The Balaban J connectivity index is 2.20. The van der Waals surface area contributed by atoms with Crippen LogP contribution in [0.2, 0.25) is 0 Å². The van der Waals surface area contributed by atoms with E-state index in [-0.39, 0.29) is 30.2 Å². The standard InChI is InChI=1S/C15H21FO3/c1-10-7-15(17,8-11(2)19-10)9-12-5-4-6-13(18-3)14(12)16/h4-6,10-11,17H,7-9H2,1-3H3. The molecule has 4 heteroatoms. The van der Waals surface area contributed by atoms with E-state index in [4.69, 9.17) is 9.47 Å². The van der Waals surface area contributed by atoms with E-state index in [1.165, 1.54) is 7.11 Å². The van der Waals surface area contributed by atoms with Gasteiger partial charge in [0.2, 0.25) is 0 Å². The van der Waals surface area contributed by atoms with Gasteiger partial charge in [0.15, 0.2) is 11.6 Å². The minimum absolute atomic E-state index is 0.0116. The highest BCUT2D eigenvalue weighted by Crippen LogP contribution is 2.33. The van der Waals surface area contributed by atoms with Gasteiger partial charge in [0.05, 0.1) is 24.9 Å². The maximum Gasteiger partial charge on any atom is 0.168 e. The number of benzene rings is 1. The average Bonchev–Trinajstić information content (AvgIpc) is 2.29. The van der Waals surface area contributed by atoms with Crippen LogP contribution in [0.5, 0.6) is 5.75 Å². The molecule has 0 aliphatic carbocycles. The van der Waals surface area contributed by atoms with E-state index in [0.717, 1.165) is 0 Å². The molecular formula is C15H21FO3. The van der Waals surface area contributed by atoms with E-state index in [1.807, 2.05) is 13.8 Å². The van der Waals surface area contributed by atoms with Gasteiger partial charge in [0.1, 0.15) is 0 Å². The number of aliphatic hydroxyl groups is 1. The van der Waals surface area contributed by atoms with Crippen LogP contribution in [0, 0.1) is 5.82 Å². The molecule has 1 aliphatic heterocycles. The highest BCUT2D eigenvalue weighted by Gasteiger charge is 2.37. The zero-order valence-electron chi connectivity index (χ0n) is 11.6. The molecule has 1 heterocycles. The number of hydrogen-bond donors (Lipinski definition) is 1. The highest BCUT2D eigenvalue weighted by molar-refractivity contribution is 5.32. The molecule has 1 saturated heterocycles. The van der Waals surface area contributed by atoms with Crippen molar-refractivity contribution in [1.82, 2.24) is 0 Å². The first kappa shape index (κ1) is 14.3. The van der Waals surface area contributed by atoms with Gasteiger partial charge in [-0.2, -0.15) is 0 Å². The summed E-state index contributed by atoms with van der Waals surface area (Å²) in [5.74, 6) is -0.167. The molecule has 1 fully saturated rings. The summed E-state index contributed by atoms with van der Waals surface area (Å²) in [4.78, 5) is 0. The van der Waals surface area contributed by atoms with Gasteiger partial charge in [0.25, 0.3) is 0 Å². The lowest BCUT2D eigenvalue weighted by molar-refractivity contribution is -0.131. The molecule has 1 N–H and O–H groups in total. The number of halogens is 1. The van der Waals surface area contributed by atoms with E-state index in [2.05, 4.69) is 0 Å². The second-order valence-electron chi connectivity index (χ2n) is 5.50. The number of methoxy groups -OCH3 is 1. The van der Waals surface area contributed by atoms with Crippen LogP contribution in [0.25, 0.3) is 0 Å². The molecule has 1 aromatic carbocycles. The molecule has 0 aromatic heterocycles. The molecule has 2 rings (SSSR count). The van der Waals surface area contributed by atoms with Gasteiger partial charge in [-0.1, -0.05) is 12.1 Å². The van der Waals surface area contributed by atoms with Gasteiger partial charge in [0, 0.05) is 19.3 Å². The predicted octanol–water partition coefficient (Wildman–Crippen LogP) is 2.70. The zero-order chi connectivity index (χ0) is 14.0. The van der Waals surface area contributed by atoms with Crippen LogP contribution >= 0.6 is 0 Å². The molecule has 0 amide bonds. The van der Waals surface area contributed by atoms with Crippen LogP contribution in [0.4, 0.5) is 4.39 Å². The fraction of sp³-hybridized carbons (Fsp3) is 0.600. The third-order valence-corrected chi connectivity index (χ3v) is 3.58. The Morgan fingerprint density at radius 1 is 1.37 bits per heavy atom. The second kappa shape index (κ2) is 5.47. The summed E-state index contributed by atoms with van der Waals surface area (Å²) in [6, 6.07) is 5.02. The molecule has 3 nitrogen and oxygen atoms in total. The van der Waals surface area contributed by atoms with Gasteiger partial charge in [-0.15, -0.1) is 0 Å². The number of rotatable bonds is 3. The molecule has 1 aromatic rings. The van der Waals surface area contributed by atoms with Gasteiger partial charge >= 0.3 is 0 Å². The maximum absolute atomic E-state index is 14.1. The lowest BCUT2D eigenvalue weighted by Crippen LogP contribution is -2.45. The summed E-state index contributed by atoms with van der Waals surface area (Å²) >= 11 is 0. The molecule has 0 saturated carbocycles. The molecule has 2 unspecified atom stereocenters. The molecule has 2 atom stereocenters. The van der Waals surface area contributed by atoms with Crippen molar-refractivity contribution in [2.75, 3.05) is 7.11 Å². The molecule has 1 aliphatic rings. The van der Waals surface area contributed by atoms with Crippen molar-refractivity contribution >= 4 is 0 Å². The highest BCUT2D eigenvalue weighted by atomic mass is 19.1. The Bertz CT molecular complexity index is 437. The van der Waals surface area contributed by atoms with Gasteiger partial charge in [-0.3, -0.25) is 0 Å². The van der Waals surface area contributed by atoms with Crippen molar-refractivity contribution in [3.63, 3.8) is 0 Å². The Kier molecular flexibility index (Phi) is 4.11. The number of hydrogen-bond acceptors (Lipinski definition) is 3. The van der Waals surface area contributed by atoms with Crippen molar-refractivity contribution in [2.24, 2.45) is 0 Å². The summed E-state index contributed by atoms with van der Waals surface area (Å²) in [6.45, 7) is 3.87. The predicted molar refractivity (Wildman–Crippen MR) is 70.8 cm³/mol. The van der Waals surface area contributed by atoms with Gasteiger partial charge in [-0.05, 0) is 25.5 Å². The summed E-state index contributed by atoms with van der Waals surface area (Å²) in [6.07, 6.45) is 1.31. The first-order valence-corrected chi connectivity index (χ1v) is 6.63. The minimum atomic E-state index is -0.912. The topological polar surface area (TPSA) is 38.7 Å². The van der Waals surface area contributed by atoms with E-state index in [1.54, 1.807) is 18.2 Å². The first-order chi connectivity index (χ1) is 8.93. The van der Waals surface area contributed by atoms with E-state index in [9.17, 15) is 9.50 Å². The first-order valence-electron chi connectivity index (χ1n) is 6.63. The maximum atomic E-state index is 14.1.